The number of hydrazine groups is 1. The van der Waals surface area contributed by atoms with Crippen molar-refractivity contribution in [1.29, 1.82) is 0 Å². The van der Waals surface area contributed by atoms with E-state index in [1.165, 1.54) is 0 Å². The molecule has 0 fully saturated rings. The predicted molar refractivity (Wildman–Crippen MR) is 82.8 cm³/mol. The van der Waals surface area contributed by atoms with Crippen LogP contribution in [0.25, 0.3) is 0 Å². The smallest absolute Gasteiger partial charge is 0.256 e. The lowest BCUT2D eigenvalue weighted by Crippen LogP contribution is -2.42. The fourth-order valence-electron chi connectivity index (χ4n) is 1.79. The predicted octanol–water partition coefficient (Wildman–Crippen LogP) is 1.60. The van der Waals surface area contributed by atoms with Crippen LogP contribution in [0, 0.1) is 5.92 Å². The second-order valence-electron chi connectivity index (χ2n) is 5.29. The maximum absolute atomic E-state index is 12.0. The molecular formula is C14H22N2O4S. The summed E-state index contributed by atoms with van der Waals surface area (Å²) in [7, 11) is -1.88. The minimum Gasteiger partial charge on any atom is -0.497 e. The number of amides is 1. The van der Waals surface area contributed by atoms with Gasteiger partial charge in [-0.3, -0.25) is 15.6 Å². The minimum absolute atomic E-state index is 0.108. The standard InChI is InChI=1S/C14H22N2O4S/c1-10(2)9-13(21(4,18)19)14(17)16-15-11-5-7-12(20-3)8-6-11/h5-8,10,13,15H,9H2,1-4H3,(H,16,17). The molecule has 0 aliphatic heterocycles. The van der Waals surface area contributed by atoms with Gasteiger partial charge in [-0.15, -0.1) is 0 Å². The Kier molecular flexibility index (Phi) is 6.02. The summed E-state index contributed by atoms with van der Waals surface area (Å²) in [6, 6.07) is 6.90. The first kappa shape index (κ1) is 17.3. The summed E-state index contributed by atoms with van der Waals surface area (Å²) in [4.78, 5) is 12.0. The highest BCUT2D eigenvalue weighted by Crippen LogP contribution is 2.15. The second kappa shape index (κ2) is 7.31. The van der Waals surface area contributed by atoms with Crippen LogP contribution in [0.2, 0.25) is 0 Å². The van der Waals surface area contributed by atoms with Gasteiger partial charge in [-0.2, -0.15) is 0 Å². The molecule has 6 nitrogen and oxygen atoms in total. The molecule has 0 saturated heterocycles. The van der Waals surface area contributed by atoms with Gasteiger partial charge < -0.3 is 4.74 Å². The van der Waals surface area contributed by atoms with Crippen molar-refractivity contribution in [1.82, 2.24) is 5.43 Å². The zero-order chi connectivity index (χ0) is 16.0. The van der Waals surface area contributed by atoms with E-state index in [1.54, 1.807) is 31.4 Å². The molecule has 1 atom stereocenters. The quantitative estimate of drug-likeness (QED) is 0.747. The average Bonchev–Trinajstić information content (AvgIpc) is 2.41. The summed E-state index contributed by atoms with van der Waals surface area (Å²) in [5.74, 6) is 0.249. The van der Waals surface area contributed by atoms with Crippen molar-refractivity contribution in [3.8, 4) is 5.75 Å². The molecule has 0 aliphatic carbocycles. The van der Waals surface area contributed by atoms with Gasteiger partial charge in [0.2, 0.25) is 0 Å². The molecule has 0 radical (unpaired) electrons. The van der Waals surface area contributed by atoms with E-state index in [0.29, 0.717) is 11.4 Å². The number of anilines is 1. The van der Waals surface area contributed by atoms with Gasteiger partial charge in [-0.25, -0.2) is 8.42 Å². The van der Waals surface area contributed by atoms with Crippen LogP contribution in [0.5, 0.6) is 5.75 Å². The Morgan fingerprint density at radius 2 is 1.81 bits per heavy atom. The summed E-state index contributed by atoms with van der Waals surface area (Å²) in [5, 5.41) is -1.05. The molecule has 118 valence electrons. The van der Waals surface area contributed by atoms with Gasteiger partial charge in [0.15, 0.2) is 9.84 Å². The Hall–Kier alpha value is -1.76. The number of rotatable bonds is 7. The lowest BCUT2D eigenvalue weighted by molar-refractivity contribution is -0.120. The fourth-order valence-corrected chi connectivity index (χ4v) is 2.98. The van der Waals surface area contributed by atoms with Gasteiger partial charge in [-0.1, -0.05) is 13.8 Å². The van der Waals surface area contributed by atoms with Gasteiger partial charge >= 0.3 is 0 Å². The van der Waals surface area contributed by atoms with E-state index in [0.717, 1.165) is 6.26 Å². The Labute approximate surface area is 125 Å². The molecule has 0 aliphatic rings. The van der Waals surface area contributed by atoms with Crippen LogP contribution in [-0.2, 0) is 14.6 Å². The molecular weight excluding hydrogens is 292 g/mol. The van der Waals surface area contributed by atoms with Crippen molar-refractivity contribution in [2.45, 2.75) is 25.5 Å². The molecule has 0 heterocycles. The van der Waals surface area contributed by atoms with Crippen LogP contribution in [0.1, 0.15) is 20.3 Å². The first-order valence-corrected chi connectivity index (χ1v) is 8.58. The van der Waals surface area contributed by atoms with Crippen molar-refractivity contribution in [3.05, 3.63) is 24.3 Å². The van der Waals surface area contributed by atoms with Crippen LogP contribution in [0.15, 0.2) is 24.3 Å². The van der Waals surface area contributed by atoms with Crippen LogP contribution >= 0.6 is 0 Å². The number of ether oxygens (including phenoxy) is 1. The number of methoxy groups -OCH3 is 1. The third-order valence-electron chi connectivity index (χ3n) is 2.91. The largest absolute Gasteiger partial charge is 0.497 e. The van der Waals surface area contributed by atoms with Crippen molar-refractivity contribution < 1.29 is 17.9 Å². The number of hydrogen-bond donors (Lipinski definition) is 2. The Morgan fingerprint density at radius 3 is 2.24 bits per heavy atom. The lowest BCUT2D eigenvalue weighted by atomic mass is 10.1. The normalized spacial score (nSPS) is 12.8. The van der Waals surface area contributed by atoms with Gasteiger partial charge in [0.05, 0.1) is 12.8 Å². The summed E-state index contributed by atoms with van der Waals surface area (Å²) < 4.78 is 28.4. The number of benzene rings is 1. The van der Waals surface area contributed by atoms with Crippen LogP contribution in [0.4, 0.5) is 5.69 Å². The van der Waals surface area contributed by atoms with Crippen molar-refractivity contribution in [2.75, 3.05) is 18.8 Å². The molecule has 1 aromatic rings. The highest BCUT2D eigenvalue weighted by molar-refractivity contribution is 7.92. The number of carbonyl (C=O) groups excluding carboxylic acids is 1. The average molecular weight is 314 g/mol. The van der Waals surface area contributed by atoms with Crippen LogP contribution < -0.4 is 15.6 Å². The molecule has 1 amide bonds. The summed E-state index contributed by atoms with van der Waals surface area (Å²) in [6.45, 7) is 3.75. The number of sulfone groups is 1. The maximum Gasteiger partial charge on any atom is 0.256 e. The highest BCUT2D eigenvalue weighted by atomic mass is 32.2. The SMILES string of the molecule is COc1ccc(NNC(=O)C(CC(C)C)S(C)(=O)=O)cc1. The van der Waals surface area contributed by atoms with Crippen molar-refractivity contribution in [3.63, 3.8) is 0 Å². The number of hydrogen-bond acceptors (Lipinski definition) is 5. The topological polar surface area (TPSA) is 84.5 Å². The molecule has 0 saturated carbocycles. The van der Waals surface area contributed by atoms with E-state index in [4.69, 9.17) is 4.74 Å². The fraction of sp³-hybridized carbons (Fsp3) is 0.500. The number of carbonyl (C=O) groups is 1. The zero-order valence-corrected chi connectivity index (χ0v) is 13.5. The van der Waals surface area contributed by atoms with E-state index in [9.17, 15) is 13.2 Å². The van der Waals surface area contributed by atoms with Crippen LogP contribution in [0.3, 0.4) is 0 Å². The van der Waals surface area contributed by atoms with E-state index in [-0.39, 0.29) is 12.3 Å². The molecule has 1 rings (SSSR count). The van der Waals surface area contributed by atoms with E-state index in [1.807, 2.05) is 13.8 Å². The molecule has 7 heteroatoms. The van der Waals surface area contributed by atoms with E-state index >= 15 is 0 Å². The molecule has 1 unspecified atom stereocenters. The minimum atomic E-state index is -3.45. The Balaban J connectivity index is 2.68. The summed E-state index contributed by atoms with van der Waals surface area (Å²) >= 11 is 0. The zero-order valence-electron chi connectivity index (χ0n) is 12.7. The van der Waals surface area contributed by atoms with Crippen molar-refractivity contribution >= 4 is 21.4 Å². The first-order chi connectivity index (χ1) is 9.74. The van der Waals surface area contributed by atoms with Gasteiger partial charge in [-0.05, 0) is 36.6 Å². The molecule has 1 aromatic carbocycles. The molecule has 2 N–H and O–H groups in total. The first-order valence-electron chi connectivity index (χ1n) is 6.63. The molecule has 0 aromatic heterocycles. The maximum atomic E-state index is 12.0. The monoisotopic (exact) mass is 314 g/mol. The van der Waals surface area contributed by atoms with Crippen molar-refractivity contribution in [2.24, 2.45) is 5.92 Å². The Bertz CT molecular complexity index is 567. The molecule has 0 bridgehead atoms. The van der Waals surface area contributed by atoms with Gasteiger partial charge in [0.25, 0.3) is 5.91 Å². The van der Waals surface area contributed by atoms with E-state index < -0.39 is 21.0 Å². The van der Waals surface area contributed by atoms with Gasteiger partial charge in [0.1, 0.15) is 11.0 Å². The van der Waals surface area contributed by atoms with Crippen LogP contribution in [-0.4, -0.2) is 32.9 Å². The van der Waals surface area contributed by atoms with Gasteiger partial charge in [0, 0.05) is 6.26 Å². The Morgan fingerprint density at radius 1 is 1.24 bits per heavy atom. The third kappa shape index (κ3) is 5.63. The summed E-state index contributed by atoms with van der Waals surface area (Å²) in [6.07, 6.45) is 1.36. The molecule has 21 heavy (non-hydrogen) atoms. The van der Waals surface area contributed by atoms with E-state index in [2.05, 4.69) is 10.9 Å². The lowest BCUT2D eigenvalue weighted by Gasteiger charge is -2.17. The summed E-state index contributed by atoms with van der Waals surface area (Å²) in [5.41, 5.74) is 5.78. The third-order valence-corrected chi connectivity index (χ3v) is 4.35. The second-order valence-corrected chi connectivity index (χ2v) is 7.52. The highest BCUT2D eigenvalue weighted by Gasteiger charge is 2.29. The number of nitrogens with one attached hydrogen (secondary N) is 2. The molecule has 0 spiro atoms.